The summed E-state index contributed by atoms with van der Waals surface area (Å²) in [6.07, 6.45) is -0.305. The van der Waals surface area contributed by atoms with Crippen LogP contribution in [0.15, 0.2) is 42.5 Å². The van der Waals surface area contributed by atoms with Gasteiger partial charge in [0.1, 0.15) is 0 Å². The molecule has 0 saturated carbocycles. The van der Waals surface area contributed by atoms with Crippen LogP contribution in [0.2, 0.25) is 0 Å². The number of carboxylic acids is 1. The maximum Gasteiger partial charge on any atom is 0.329 e. The van der Waals surface area contributed by atoms with Crippen molar-refractivity contribution in [2.75, 3.05) is 5.73 Å². The quantitative estimate of drug-likeness (QED) is 0.476. The SMILES string of the molecule is Nc1c(CCC(=O)O)cc(CP(=O)(O)O)cc1-c1ccccc1. The summed E-state index contributed by atoms with van der Waals surface area (Å²) in [6.45, 7) is 0. The molecule has 5 N–H and O–H groups in total. The lowest BCUT2D eigenvalue weighted by Gasteiger charge is -2.15. The van der Waals surface area contributed by atoms with Crippen molar-refractivity contribution in [2.24, 2.45) is 0 Å². The van der Waals surface area contributed by atoms with Crippen LogP contribution in [0.3, 0.4) is 0 Å². The lowest BCUT2D eigenvalue weighted by atomic mass is 9.95. The van der Waals surface area contributed by atoms with Crippen LogP contribution in [0.1, 0.15) is 17.5 Å². The standard InChI is InChI=1S/C16H18NO5P/c17-16-13(6-7-15(18)19)8-11(10-23(20,21)22)9-14(16)12-4-2-1-3-5-12/h1-5,8-9H,6-7,10,17H2,(H,18,19)(H2,20,21,22). The molecule has 0 radical (unpaired) electrons. The monoisotopic (exact) mass is 335 g/mol. The fourth-order valence-electron chi connectivity index (χ4n) is 2.41. The van der Waals surface area contributed by atoms with Crippen LogP contribution in [-0.2, 0) is 21.9 Å². The third kappa shape index (κ3) is 4.93. The highest BCUT2D eigenvalue weighted by molar-refractivity contribution is 7.50. The average Bonchev–Trinajstić information content (AvgIpc) is 2.46. The van der Waals surface area contributed by atoms with Gasteiger partial charge >= 0.3 is 13.6 Å². The highest BCUT2D eigenvalue weighted by atomic mass is 31.2. The Morgan fingerprint density at radius 3 is 2.35 bits per heavy atom. The summed E-state index contributed by atoms with van der Waals surface area (Å²) < 4.78 is 11.3. The van der Waals surface area contributed by atoms with Crippen molar-refractivity contribution in [3.63, 3.8) is 0 Å². The minimum absolute atomic E-state index is 0.0994. The number of carboxylic acid groups (broad SMARTS) is 1. The summed E-state index contributed by atoms with van der Waals surface area (Å²) in [4.78, 5) is 29.2. The fraction of sp³-hybridized carbons (Fsp3) is 0.188. The Bertz CT molecular complexity index is 755. The van der Waals surface area contributed by atoms with Gasteiger partial charge in [0.25, 0.3) is 0 Å². The molecule has 0 aliphatic rings. The first-order valence-corrected chi connectivity index (χ1v) is 8.79. The summed E-state index contributed by atoms with van der Waals surface area (Å²) >= 11 is 0. The first-order chi connectivity index (χ1) is 10.8. The van der Waals surface area contributed by atoms with Crippen molar-refractivity contribution in [1.29, 1.82) is 0 Å². The largest absolute Gasteiger partial charge is 0.481 e. The van der Waals surface area contributed by atoms with Crippen molar-refractivity contribution in [1.82, 2.24) is 0 Å². The molecule has 6 nitrogen and oxygen atoms in total. The van der Waals surface area contributed by atoms with Crippen molar-refractivity contribution in [3.05, 3.63) is 53.6 Å². The Kier molecular flexibility index (Phi) is 5.21. The molecule has 0 unspecified atom stereocenters. The van der Waals surface area contributed by atoms with E-state index in [4.69, 9.17) is 10.8 Å². The number of nitrogen functional groups attached to an aromatic ring is 1. The lowest BCUT2D eigenvalue weighted by molar-refractivity contribution is -0.136. The molecular formula is C16H18NO5P. The maximum absolute atomic E-state index is 11.3. The van der Waals surface area contributed by atoms with Gasteiger partial charge < -0.3 is 20.6 Å². The van der Waals surface area contributed by atoms with E-state index in [0.29, 0.717) is 22.4 Å². The van der Waals surface area contributed by atoms with E-state index in [1.807, 2.05) is 30.3 Å². The van der Waals surface area contributed by atoms with Gasteiger partial charge in [-0.15, -0.1) is 0 Å². The van der Waals surface area contributed by atoms with Crippen molar-refractivity contribution < 1.29 is 24.3 Å². The van der Waals surface area contributed by atoms with Gasteiger partial charge in [-0.2, -0.15) is 0 Å². The predicted molar refractivity (Wildman–Crippen MR) is 88.0 cm³/mol. The van der Waals surface area contributed by atoms with Gasteiger partial charge in [-0.1, -0.05) is 36.4 Å². The molecule has 0 bridgehead atoms. The number of hydrogen-bond acceptors (Lipinski definition) is 3. The molecule has 0 aromatic heterocycles. The topological polar surface area (TPSA) is 121 Å². The van der Waals surface area contributed by atoms with Gasteiger partial charge in [0, 0.05) is 17.7 Å². The van der Waals surface area contributed by atoms with E-state index in [1.54, 1.807) is 12.1 Å². The summed E-state index contributed by atoms with van der Waals surface area (Å²) in [7, 11) is -4.23. The van der Waals surface area contributed by atoms with E-state index >= 15 is 0 Å². The second-order valence-corrected chi connectivity index (χ2v) is 6.94. The zero-order valence-corrected chi connectivity index (χ0v) is 13.2. The molecule has 0 fully saturated rings. The molecule has 0 aliphatic carbocycles. The summed E-state index contributed by atoms with van der Waals surface area (Å²) in [5, 5.41) is 8.84. The first-order valence-electron chi connectivity index (χ1n) is 6.99. The van der Waals surface area contributed by atoms with E-state index in [9.17, 15) is 19.1 Å². The smallest absolute Gasteiger partial charge is 0.329 e. The Balaban J connectivity index is 2.51. The summed E-state index contributed by atoms with van der Waals surface area (Å²) in [5.41, 5.74) is 9.07. The highest BCUT2D eigenvalue weighted by Gasteiger charge is 2.18. The van der Waals surface area contributed by atoms with E-state index in [2.05, 4.69) is 0 Å². The minimum Gasteiger partial charge on any atom is -0.481 e. The van der Waals surface area contributed by atoms with Gasteiger partial charge in [0.05, 0.1) is 6.16 Å². The van der Waals surface area contributed by atoms with Crippen LogP contribution in [0.25, 0.3) is 11.1 Å². The molecule has 2 aromatic carbocycles. The van der Waals surface area contributed by atoms with Gasteiger partial charge in [0.2, 0.25) is 0 Å². The normalized spacial score (nSPS) is 11.4. The zero-order valence-electron chi connectivity index (χ0n) is 12.3. The maximum atomic E-state index is 11.3. The molecule has 0 atom stereocenters. The number of aryl methyl sites for hydroxylation is 1. The Hall–Kier alpha value is -2.14. The first kappa shape index (κ1) is 17.2. The Morgan fingerprint density at radius 1 is 1.13 bits per heavy atom. The van der Waals surface area contributed by atoms with Crippen LogP contribution < -0.4 is 5.73 Å². The molecule has 7 heteroatoms. The highest BCUT2D eigenvalue weighted by Crippen LogP contribution is 2.41. The number of anilines is 1. The molecule has 0 heterocycles. The number of rotatable bonds is 6. The lowest BCUT2D eigenvalue weighted by Crippen LogP contribution is -2.04. The molecule has 0 saturated heterocycles. The third-order valence-corrected chi connectivity index (χ3v) is 4.18. The van der Waals surface area contributed by atoms with Gasteiger partial charge in [-0.3, -0.25) is 9.36 Å². The van der Waals surface area contributed by atoms with Crippen molar-refractivity contribution in [3.8, 4) is 11.1 Å². The second kappa shape index (κ2) is 6.96. The number of carbonyl (C=O) groups is 1. The third-order valence-electron chi connectivity index (χ3n) is 3.41. The number of nitrogens with two attached hydrogens (primary N) is 1. The van der Waals surface area contributed by atoms with E-state index in [1.165, 1.54) is 0 Å². The molecule has 122 valence electrons. The van der Waals surface area contributed by atoms with E-state index in [0.717, 1.165) is 5.56 Å². The Morgan fingerprint density at radius 2 is 1.78 bits per heavy atom. The Labute approximate surface area is 133 Å². The fourth-order valence-corrected chi connectivity index (χ4v) is 3.07. The minimum atomic E-state index is -4.23. The van der Waals surface area contributed by atoms with Crippen molar-refractivity contribution >= 4 is 19.3 Å². The van der Waals surface area contributed by atoms with Crippen LogP contribution in [0, 0.1) is 0 Å². The summed E-state index contributed by atoms with van der Waals surface area (Å²) in [5.74, 6) is -0.953. The predicted octanol–water partition coefficient (Wildman–Crippen LogP) is 2.63. The van der Waals surface area contributed by atoms with Crippen LogP contribution >= 0.6 is 7.60 Å². The second-order valence-electron chi connectivity index (χ2n) is 5.30. The molecule has 23 heavy (non-hydrogen) atoms. The molecule has 0 amide bonds. The number of benzene rings is 2. The molecule has 2 aromatic rings. The van der Waals surface area contributed by atoms with Crippen LogP contribution in [0.4, 0.5) is 5.69 Å². The molecule has 0 aliphatic heterocycles. The number of aliphatic carboxylic acids is 1. The molecule has 2 rings (SSSR count). The van der Waals surface area contributed by atoms with Gasteiger partial charge in [0.15, 0.2) is 0 Å². The van der Waals surface area contributed by atoms with Gasteiger partial charge in [-0.25, -0.2) is 0 Å². The van der Waals surface area contributed by atoms with E-state index in [-0.39, 0.29) is 12.8 Å². The molecular weight excluding hydrogens is 317 g/mol. The van der Waals surface area contributed by atoms with Gasteiger partial charge in [-0.05, 0) is 29.2 Å². The average molecular weight is 335 g/mol. The van der Waals surface area contributed by atoms with Crippen LogP contribution in [0.5, 0.6) is 0 Å². The number of hydrogen-bond donors (Lipinski definition) is 4. The van der Waals surface area contributed by atoms with Crippen LogP contribution in [-0.4, -0.2) is 20.9 Å². The van der Waals surface area contributed by atoms with E-state index < -0.39 is 19.7 Å². The molecule has 0 spiro atoms. The summed E-state index contributed by atoms with van der Waals surface area (Å²) in [6, 6.07) is 12.4. The zero-order chi connectivity index (χ0) is 17.0. The van der Waals surface area contributed by atoms with Crippen molar-refractivity contribution in [2.45, 2.75) is 19.0 Å².